The van der Waals surface area contributed by atoms with Crippen LogP contribution in [0.4, 0.5) is 4.79 Å². The van der Waals surface area contributed by atoms with Crippen LogP contribution in [-0.4, -0.2) is 35.7 Å². The molecule has 1 atom stereocenters. The Bertz CT molecular complexity index is 299. The zero-order valence-corrected chi connectivity index (χ0v) is 11.8. The highest BCUT2D eigenvalue weighted by Gasteiger charge is 2.36. The van der Waals surface area contributed by atoms with Crippen LogP contribution in [0.25, 0.3) is 0 Å². The van der Waals surface area contributed by atoms with E-state index in [0.29, 0.717) is 12.0 Å². The zero-order chi connectivity index (χ0) is 13.3. The first-order valence-electron chi connectivity index (χ1n) is 7.10. The summed E-state index contributed by atoms with van der Waals surface area (Å²) in [4.78, 5) is 13.7. The van der Waals surface area contributed by atoms with Gasteiger partial charge in [0.2, 0.25) is 0 Å². The fraction of sp³-hybridized carbons (Fsp3) is 0.929. The van der Waals surface area contributed by atoms with Crippen molar-refractivity contribution in [2.45, 2.75) is 58.1 Å². The largest absolute Gasteiger partial charge is 0.444 e. The van der Waals surface area contributed by atoms with E-state index in [1.54, 1.807) is 0 Å². The second kappa shape index (κ2) is 5.08. The van der Waals surface area contributed by atoms with Crippen LogP contribution in [-0.2, 0) is 4.74 Å². The number of hydrogen-bond donors (Lipinski definition) is 1. The normalized spacial score (nSPS) is 23.9. The molecule has 0 aromatic carbocycles. The molecule has 0 spiro atoms. The van der Waals surface area contributed by atoms with Gasteiger partial charge in [0.15, 0.2) is 0 Å². The van der Waals surface area contributed by atoms with Gasteiger partial charge in [0.1, 0.15) is 5.60 Å². The van der Waals surface area contributed by atoms with Gasteiger partial charge in [-0.05, 0) is 58.3 Å². The number of amides is 1. The number of rotatable bonds is 2. The molecule has 0 aromatic heterocycles. The summed E-state index contributed by atoms with van der Waals surface area (Å²) in [5.41, 5.74) is 5.84. The minimum Gasteiger partial charge on any atom is -0.444 e. The summed E-state index contributed by atoms with van der Waals surface area (Å²) < 4.78 is 5.39. The van der Waals surface area contributed by atoms with Crippen LogP contribution in [0.1, 0.15) is 46.5 Å². The van der Waals surface area contributed by atoms with E-state index in [1.165, 1.54) is 12.8 Å². The Kier molecular flexibility index (Phi) is 3.85. The number of ether oxygens (including phenoxy) is 1. The van der Waals surface area contributed by atoms with E-state index >= 15 is 0 Å². The highest BCUT2D eigenvalue weighted by molar-refractivity contribution is 5.68. The summed E-state index contributed by atoms with van der Waals surface area (Å²) in [6.45, 7) is 7.29. The van der Waals surface area contributed by atoms with Gasteiger partial charge in [-0.3, -0.25) is 0 Å². The first-order valence-corrected chi connectivity index (χ1v) is 7.10. The van der Waals surface area contributed by atoms with Gasteiger partial charge in [-0.25, -0.2) is 4.79 Å². The van der Waals surface area contributed by atoms with Crippen molar-refractivity contribution in [2.75, 3.05) is 13.1 Å². The number of likely N-dealkylation sites (tertiary alicyclic amines) is 1. The van der Waals surface area contributed by atoms with E-state index in [0.717, 1.165) is 31.8 Å². The topological polar surface area (TPSA) is 55.6 Å². The standard InChI is InChI=1S/C14H26N2O2/c1-14(2,3)18-13(17)16-8-6-11(7-9-16)12(15)10-4-5-10/h10-12H,4-9,15H2,1-3H3/t12-/m1/s1. The van der Waals surface area contributed by atoms with Crippen LogP contribution < -0.4 is 5.73 Å². The van der Waals surface area contributed by atoms with Crippen LogP contribution in [0, 0.1) is 11.8 Å². The van der Waals surface area contributed by atoms with Gasteiger partial charge in [0.25, 0.3) is 0 Å². The highest BCUT2D eigenvalue weighted by Crippen LogP contribution is 2.37. The number of carbonyl (C=O) groups is 1. The molecule has 1 saturated heterocycles. The molecule has 104 valence electrons. The third-order valence-electron chi connectivity index (χ3n) is 3.90. The number of carbonyl (C=O) groups excluding carboxylic acids is 1. The van der Waals surface area contributed by atoms with E-state index in [1.807, 2.05) is 25.7 Å². The van der Waals surface area contributed by atoms with E-state index in [4.69, 9.17) is 10.5 Å². The lowest BCUT2D eigenvalue weighted by atomic mass is 9.87. The minimum atomic E-state index is -0.404. The first-order chi connectivity index (χ1) is 8.37. The molecule has 1 heterocycles. The predicted molar refractivity (Wildman–Crippen MR) is 71.2 cm³/mol. The maximum atomic E-state index is 11.9. The quantitative estimate of drug-likeness (QED) is 0.823. The monoisotopic (exact) mass is 254 g/mol. The first kappa shape index (κ1) is 13.7. The van der Waals surface area contributed by atoms with Crippen molar-refractivity contribution < 1.29 is 9.53 Å². The highest BCUT2D eigenvalue weighted by atomic mass is 16.6. The lowest BCUT2D eigenvalue weighted by molar-refractivity contribution is 0.0172. The number of piperidine rings is 1. The third-order valence-corrected chi connectivity index (χ3v) is 3.90. The number of nitrogens with zero attached hydrogens (tertiary/aromatic N) is 1. The second-order valence-electron chi connectivity index (χ2n) is 6.72. The van der Waals surface area contributed by atoms with Crippen molar-refractivity contribution in [2.24, 2.45) is 17.6 Å². The molecule has 1 amide bonds. The second-order valence-corrected chi connectivity index (χ2v) is 6.72. The van der Waals surface area contributed by atoms with Gasteiger partial charge in [0, 0.05) is 19.1 Å². The molecule has 18 heavy (non-hydrogen) atoms. The molecule has 1 aliphatic heterocycles. The molecule has 0 radical (unpaired) electrons. The van der Waals surface area contributed by atoms with Gasteiger partial charge >= 0.3 is 6.09 Å². The van der Waals surface area contributed by atoms with Crippen LogP contribution in [0.15, 0.2) is 0 Å². The summed E-state index contributed by atoms with van der Waals surface area (Å²) in [5, 5.41) is 0. The Morgan fingerprint density at radius 3 is 2.11 bits per heavy atom. The predicted octanol–water partition coefficient (Wildman–Crippen LogP) is 2.37. The summed E-state index contributed by atoms with van der Waals surface area (Å²) in [6, 6.07) is 0.353. The molecule has 0 unspecified atom stereocenters. The van der Waals surface area contributed by atoms with Crippen molar-refractivity contribution in [1.82, 2.24) is 4.90 Å². The Morgan fingerprint density at radius 1 is 1.17 bits per heavy atom. The molecule has 2 fully saturated rings. The van der Waals surface area contributed by atoms with Gasteiger partial charge in [0.05, 0.1) is 0 Å². The third kappa shape index (κ3) is 3.61. The van der Waals surface area contributed by atoms with E-state index in [-0.39, 0.29) is 6.09 Å². The maximum Gasteiger partial charge on any atom is 0.410 e. The van der Waals surface area contributed by atoms with Gasteiger partial charge < -0.3 is 15.4 Å². The summed E-state index contributed by atoms with van der Waals surface area (Å²) in [7, 11) is 0. The zero-order valence-electron chi connectivity index (χ0n) is 11.8. The molecule has 2 rings (SSSR count). The lowest BCUT2D eigenvalue weighted by Gasteiger charge is -2.35. The molecule has 4 nitrogen and oxygen atoms in total. The molecule has 1 aliphatic carbocycles. The smallest absolute Gasteiger partial charge is 0.410 e. The fourth-order valence-electron chi connectivity index (χ4n) is 2.66. The average molecular weight is 254 g/mol. The van der Waals surface area contributed by atoms with Crippen LogP contribution in [0.5, 0.6) is 0 Å². The Balaban J connectivity index is 1.77. The SMILES string of the molecule is CC(C)(C)OC(=O)N1CCC([C@H](N)C2CC2)CC1. The van der Waals surface area contributed by atoms with Gasteiger partial charge in [-0.2, -0.15) is 0 Å². The van der Waals surface area contributed by atoms with Crippen molar-refractivity contribution in [3.05, 3.63) is 0 Å². The van der Waals surface area contributed by atoms with E-state index < -0.39 is 5.60 Å². The Labute approximate surface area is 110 Å². The Morgan fingerprint density at radius 2 is 1.67 bits per heavy atom. The molecule has 2 N–H and O–H groups in total. The average Bonchev–Trinajstić information content (AvgIpc) is 3.10. The number of hydrogen-bond acceptors (Lipinski definition) is 3. The van der Waals surface area contributed by atoms with Crippen LogP contribution in [0.2, 0.25) is 0 Å². The van der Waals surface area contributed by atoms with Crippen molar-refractivity contribution in [3.63, 3.8) is 0 Å². The molecular weight excluding hydrogens is 228 g/mol. The van der Waals surface area contributed by atoms with Crippen molar-refractivity contribution in [3.8, 4) is 0 Å². The molecule has 2 aliphatic rings. The molecule has 0 bridgehead atoms. The molecule has 1 saturated carbocycles. The van der Waals surface area contributed by atoms with E-state index in [9.17, 15) is 4.79 Å². The summed E-state index contributed by atoms with van der Waals surface area (Å²) >= 11 is 0. The molecular formula is C14H26N2O2. The maximum absolute atomic E-state index is 11.9. The van der Waals surface area contributed by atoms with Crippen LogP contribution in [0.3, 0.4) is 0 Å². The van der Waals surface area contributed by atoms with Crippen molar-refractivity contribution >= 4 is 6.09 Å². The molecule has 4 heteroatoms. The van der Waals surface area contributed by atoms with Crippen LogP contribution >= 0.6 is 0 Å². The van der Waals surface area contributed by atoms with Crippen molar-refractivity contribution in [1.29, 1.82) is 0 Å². The fourth-order valence-corrected chi connectivity index (χ4v) is 2.66. The van der Waals surface area contributed by atoms with Gasteiger partial charge in [-0.1, -0.05) is 0 Å². The summed E-state index contributed by atoms with van der Waals surface area (Å²) in [5.74, 6) is 1.35. The van der Waals surface area contributed by atoms with E-state index in [2.05, 4.69) is 0 Å². The van der Waals surface area contributed by atoms with Gasteiger partial charge in [-0.15, -0.1) is 0 Å². The number of nitrogens with two attached hydrogens (primary N) is 1. The Hall–Kier alpha value is -0.770. The summed E-state index contributed by atoms with van der Waals surface area (Å²) in [6.07, 6.45) is 4.47. The minimum absolute atomic E-state index is 0.180. The molecule has 0 aromatic rings. The lowest BCUT2D eigenvalue weighted by Crippen LogP contribution is -2.45.